The average Bonchev–Trinajstić information content (AvgIpc) is 3.28. The number of hydrogen-bond donors (Lipinski definition) is 0. The first kappa shape index (κ1) is 15.9. The quantitative estimate of drug-likeness (QED) is 0.861. The van der Waals surface area contributed by atoms with Crippen molar-refractivity contribution in [2.75, 3.05) is 13.1 Å². The Bertz CT molecular complexity index is 745. The third kappa shape index (κ3) is 3.16. The number of aromatic nitrogens is 1. The molecule has 0 radical (unpaired) electrons. The molecule has 6 heteroatoms. The molecule has 2 aliphatic rings. The lowest BCUT2D eigenvalue weighted by molar-refractivity contribution is -0.133. The topological polar surface area (TPSA) is 66.7 Å². The van der Waals surface area contributed by atoms with Gasteiger partial charge in [0.15, 0.2) is 6.39 Å². The summed E-state index contributed by atoms with van der Waals surface area (Å²) in [5, 5.41) is 0. The van der Waals surface area contributed by atoms with E-state index in [2.05, 4.69) is 4.98 Å². The van der Waals surface area contributed by atoms with E-state index in [-0.39, 0.29) is 23.6 Å². The number of oxazole rings is 1. The molecule has 1 aromatic heterocycles. The van der Waals surface area contributed by atoms with Crippen LogP contribution in [0.3, 0.4) is 0 Å². The minimum Gasteiger partial charge on any atom is -0.438 e. The van der Waals surface area contributed by atoms with Gasteiger partial charge in [-0.3, -0.25) is 9.59 Å². The molecule has 3 heterocycles. The number of rotatable bonds is 3. The van der Waals surface area contributed by atoms with Crippen LogP contribution in [-0.2, 0) is 11.3 Å². The summed E-state index contributed by atoms with van der Waals surface area (Å²) >= 11 is 0. The number of nitrogens with zero attached hydrogens (tertiary/aromatic N) is 3. The second kappa shape index (κ2) is 6.70. The molecule has 130 valence electrons. The van der Waals surface area contributed by atoms with Crippen LogP contribution in [-0.4, -0.2) is 45.7 Å². The van der Waals surface area contributed by atoms with Gasteiger partial charge in [0.25, 0.3) is 5.91 Å². The lowest BCUT2D eigenvalue weighted by atomic mass is 9.98. The van der Waals surface area contributed by atoms with E-state index in [1.165, 1.54) is 12.6 Å². The fraction of sp³-hybridized carbons (Fsp3) is 0.421. The van der Waals surface area contributed by atoms with Crippen LogP contribution in [0.2, 0.25) is 0 Å². The monoisotopic (exact) mass is 339 g/mol. The van der Waals surface area contributed by atoms with E-state index >= 15 is 0 Å². The van der Waals surface area contributed by atoms with E-state index in [4.69, 9.17) is 4.42 Å². The molecule has 2 atom stereocenters. The molecule has 4 rings (SSSR count). The fourth-order valence-electron chi connectivity index (χ4n) is 3.96. The fourth-order valence-corrected chi connectivity index (χ4v) is 3.96. The minimum atomic E-state index is -0.141. The molecule has 2 amide bonds. The smallest absolute Gasteiger partial charge is 0.291 e. The summed E-state index contributed by atoms with van der Waals surface area (Å²) in [7, 11) is 0. The molecule has 0 aliphatic carbocycles. The van der Waals surface area contributed by atoms with Crippen molar-refractivity contribution >= 4 is 11.8 Å². The highest BCUT2D eigenvalue weighted by Crippen LogP contribution is 2.32. The highest BCUT2D eigenvalue weighted by Gasteiger charge is 2.42. The van der Waals surface area contributed by atoms with Crippen molar-refractivity contribution in [3.05, 3.63) is 54.2 Å². The van der Waals surface area contributed by atoms with Crippen LogP contribution >= 0.6 is 0 Å². The van der Waals surface area contributed by atoms with Crippen molar-refractivity contribution in [2.45, 2.75) is 31.8 Å². The standard InChI is InChI=1S/C19H21N3O3/c23-18-8-4-7-15-11-21(19(24)17-9-20-13-25-17)12-16(15)22(18)10-14-5-2-1-3-6-14/h1-3,5-6,9,13,15-16H,4,7-8,10-12H2/t15-,16+/m1/s1. The van der Waals surface area contributed by atoms with E-state index in [1.54, 1.807) is 4.90 Å². The van der Waals surface area contributed by atoms with E-state index in [0.29, 0.717) is 32.0 Å². The summed E-state index contributed by atoms with van der Waals surface area (Å²) in [6, 6.07) is 10.1. The molecule has 2 aliphatic heterocycles. The third-order valence-electron chi connectivity index (χ3n) is 5.22. The van der Waals surface area contributed by atoms with Gasteiger partial charge in [-0.05, 0) is 24.3 Å². The molecule has 0 bridgehead atoms. The SMILES string of the molecule is O=C(c1cnco1)N1C[C@H]2CCCC(=O)N(Cc3ccccc3)[C@H]2C1. The first-order chi connectivity index (χ1) is 12.2. The van der Waals surface area contributed by atoms with Gasteiger partial charge >= 0.3 is 0 Å². The predicted octanol–water partition coefficient (Wildman–Crippen LogP) is 2.33. The van der Waals surface area contributed by atoms with Gasteiger partial charge in [-0.25, -0.2) is 4.98 Å². The van der Waals surface area contributed by atoms with Gasteiger partial charge in [-0.2, -0.15) is 0 Å². The number of fused-ring (bicyclic) bond motifs is 1. The molecular formula is C19H21N3O3. The Morgan fingerprint density at radius 3 is 2.84 bits per heavy atom. The van der Waals surface area contributed by atoms with Crippen LogP contribution < -0.4 is 0 Å². The van der Waals surface area contributed by atoms with E-state index in [1.807, 2.05) is 35.2 Å². The average molecular weight is 339 g/mol. The Morgan fingerprint density at radius 1 is 1.24 bits per heavy atom. The van der Waals surface area contributed by atoms with Crippen molar-refractivity contribution in [3.63, 3.8) is 0 Å². The molecular weight excluding hydrogens is 318 g/mol. The first-order valence-corrected chi connectivity index (χ1v) is 8.73. The van der Waals surface area contributed by atoms with Crippen LogP contribution in [0.25, 0.3) is 0 Å². The lowest BCUT2D eigenvalue weighted by Gasteiger charge is -2.30. The summed E-state index contributed by atoms with van der Waals surface area (Å²) in [5.74, 6) is 0.627. The highest BCUT2D eigenvalue weighted by atomic mass is 16.3. The minimum absolute atomic E-state index is 0.0714. The van der Waals surface area contributed by atoms with Gasteiger partial charge in [0, 0.05) is 26.1 Å². The van der Waals surface area contributed by atoms with E-state index in [9.17, 15) is 9.59 Å². The molecule has 2 fully saturated rings. The Balaban J connectivity index is 1.55. The number of amides is 2. The number of carbonyl (C=O) groups excluding carboxylic acids is 2. The molecule has 0 saturated carbocycles. The zero-order valence-corrected chi connectivity index (χ0v) is 14.0. The molecule has 0 spiro atoms. The van der Waals surface area contributed by atoms with Gasteiger partial charge in [-0.15, -0.1) is 0 Å². The van der Waals surface area contributed by atoms with Crippen LogP contribution in [0.15, 0.2) is 47.3 Å². The Labute approximate surface area is 146 Å². The maximum absolute atomic E-state index is 12.7. The number of benzene rings is 1. The highest BCUT2D eigenvalue weighted by molar-refractivity contribution is 5.91. The predicted molar refractivity (Wildman–Crippen MR) is 90.5 cm³/mol. The Morgan fingerprint density at radius 2 is 2.08 bits per heavy atom. The van der Waals surface area contributed by atoms with Gasteiger partial charge in [0.2, 0.25) is 11.7 Å². The maximum atomic E-state index is 12.7. The molecule has 0 unspecified atom stereocenters. The normalized spacial score (nSPS) is 23.4. The summed E-state index contributed by atoms with van der Waals surface area (Å²) in [6.07, 6.45) is 5.17. The van der Waals surface area contributed by atoms with Gasteiger partial charge < -0.3 is 14.2 Å². The van der Waals surface area contributed by atoms with Crippen LogP contribution in [0.1, 0.15) is 35.4 Å². The molecule has 2 aromatic rings. The molecule has 6 nitrogen and oxygen atoms in total. The number of likely N-dealkylation sites (tertiary alicyclic amines) is 2. The first-order valence-electron chi connectivity index (χ1n) is 8.73. The zero-order chi connectivity index (χ0) is 17.2. The summed E-state index contributed by atoms with van der Waals surface area (Å²) < 4.78 is 5.15. The molecule has 1 aromatic carbocycles. The van der Waals surface area contributed by atoms with Crippen molar-refractivity contribution < 1.29 is 14.0 Å². The second-order valence-electron chi connectivity index (χ2n) is 6.80. The van der Waals surface area contributed by atoms with Crippen molar-refractivity contribution in [2.24, 2.45) is 5.92 Å². The summed E-state index contributed by atoms with van der Waals surface area (Å²) in [6.45, 7) is 1.83. The van der Waals surface area contributed by atoms with Crippen LogP contribution in [0.5, 0.6) is 0 Å². The van der Waals surface area contributed by atoms with Crippen LogP contribution in [0.4, 0.5) is 0 Å². The summed E-state index contributed by atoms with van der Waals surface area (Å²) in [5.41, 5.74) is 1.12. The Kier molecular flexibility index (Phi) is 4.26. The van der Waals surface area contributed by atoms with Gasteiger partial charge in [0.1, 0.15) is 0 Å². The van der Waals surface area contributed by atoms with Crippen molar-refractivity contribution in [3.8, 4) is 0 Å². The van der Waals surface area contributed by atoms with E-state index < -0.39 is 0 Å². The molecule has 25 heavy (non-hydrogen) atoms. The molecule has 0 N–H and O–H groups in total. The summed E-state index contributed by atoms with van der Waals surface area (Å²) in [4.78, 5) is 32.8. The lowest BCUT2D eigenvalue weighted by Crippen LogP contribution is -2.43. The van der Waals surface area contributed by atoms with Gasteiger partial charge in [0.05, 0.1) is 12.2 Å². The number of carbonyl (C=O) groups is 2. The Hall–Kier alpha value is -2.63. The second-order valence-corrected chi connectivity index (χ2v) is 6.80. The largest absolute Gasteiger partial charge is 0.438 e. The van der Waals surface area contributed by atoms with Crippen molar-refractivity contribution in [1.29, 1.82) is 0 Å². The number of hydrogen-bond acceptors (Lipinski definition) is 4. The zero-order valence-electron chi connectivity index (χ0n) is 14.0. The van der Waals surface area contributed by atoms with Crippen LogP contribution in [0, 0.1) is 5.92 Å². The maximum Gasteiger partial charge on any atom is 0.291 e. The van der Waals surface area contributed by atoms with Gasteiger partial charge in [-0.1, -0.05) is 30.3 Å². The van der Waals surface area contributed by atoms with E-state index in [0.717, 1.165) is 18.4 Å². The molecule has 2 saturated heterocycles. The third-order valence-corrected chi connectivity index (χ3v) is 5.22. The van der Waals surface area contributed by atoms with Crippen molar-refractivity contribution in [1.82, 2.24) is 14.8 Å².